The normalized spacial score (nSPS) is 14.2. The van der Waals surface area contributed by atoms with Crippen LogP contribution in [0.15, 0.2) is 34.7 Å². The van der Waals surface area contributed by atoms with Crippen molar-refractivity contribution in [2.24, 2.45) is 5.73 Å². The predicted octanol–water partition coefficient (Wildman–Crippen LogP) is 3.85. The molecule has 0 fully saturated rings. The SMILES string of the molecule is Cc1ccc(C(Oc2ccc(F)cc2Cl)C(C)N)o1. The molecular formula is C14H15ClFNO2. The van der Waals surface area contributed by atoms with Gasteiger partial charge in [-0.25, -0.2) is 4.39 Å². The Hall–Kier alpha value is -1.52. The highest BCUT2D eigenvalue weighted by Gasteiger charge is 2.22. The standard InChI is InChI=1S/C14H15ClFNO2/c1-8-3-5-13(18-8)14(9(2)17)19-12-6-4-10(16)7-11(12)15/h3-7,9,14H,17H2,1-2H3. The van der Waals surface area contributed by atoms with Crippen molar-refractivity contribution in [2.75, 3.05) is 0 Å². The monoisotopic (exact) mass is 283 g/mol. The van der Waals surface area contributed by atoms with E-state index in [4.69, 9.17) is 26.5 Å². The van der Waals surface area contributed by atoms with Gasteiger partial charge in [-0.15, -0.1) is 0 Å². The molecule has 1 heterocycles. The van der Waals surface area contributed by atoms with Crippen molar-refractivity contribution in [3.05, 3.63) is 52.7 Å². The zero-order valence-corrected chi connectivity index (χ0v) is 11.4. The molecule has 0 radical (unpaired) electrons. The fourth-order valence-corrected chi connectivity index (χ4v) is 1.95. The Morgan fingerprint density at radius 1 is 1.32 bits per heavy atom. The van der Waals surface area contributed by atoms with E-state index in [0.717, 1.165) is 5.76 Å². The van der Waals surface area contributed by atoms with E-state index in [2.05, 4.69) is 0 Å². The number of ether oxygens (including phenoxy) is 1. The van der Waals surface area contributed by atoms with Crippen molar-refractivity contribution in [1.82, 2.24) is 0 Å². The third-order valence-electron chi connectivity index (χ3n) is 2.67. The first kappa shape index (κ1) is 13.9. The molecule has 2 N–H and O–H groups in total. The molecule has 0 aliphatic heterocycles. The van der Waals surface area contributed by atoms with Gasteiger partial charge in [-0.3, -0.25) is 0 Å². The molecule has 0 amide bonds. The first-order valence-corrected chi connectivity index (χ1v) is 6.29. The molecule has 1 aromatic heterocycles. The van der Waals surface area contributed by atoms with E-state index in [9.17, 15) is 4.39 Å². The molecule has 0 aliphatic carbocycles. The number of benzene rings is 1. The van der Waals surface area contributed by atoms with Gasteiger partial charge in [0.15, 0.2) is 6.10 Å². The Kier molecular flexibility index (Phi) is 4.12. The minimum absolute atomic E-state index is 0.203. The topological polar surface area (TPSA) is 48.4 Å². The molecule has 0 spiro atoms. The molecule has 2 aromatic rings. The Balaban J connectivity index is 2.26. The third-order valence-corrected chi connectivity index (χ3v) is 2.96. The van der Waals surface area contributed by atoms with Crippen LogP contribution in [0.1, 0.15) is 24.5 Å². The summed E-state index contributed by atoms with van der Waals surface area (Å²) in [7, 11) is 0. The van der Waals surface area contributed by atoms with Crippen LogP contribution in [0.5, 0.6) is 5.75 Å². The number of hydrogen-bond acceptors (Lipinski definition) is 3. The summed E-state index contributed by atoms with van der Waals surface area (Å²) < 4.78 is 24.3. The largest absolute Gasteiger partial charge is 0.479 e. The smallest absolute Gasteiger partial charge is 0.171 e. The van der Waals surface area contributed by atoms with Crippen molar-refractivity contribution in [3.8, 4) is 5.75 Å². The quantitative estimate of drug-likeness (QED) is 0.927. The lowest BCUT2D eigenvalue weighted by Crippen LogP contribution is -2.28. The molecule has 0 aliphatic rings. The molecule has 2 atom stereocenters. The molecular weight excluding hydrogens is 269 g/mol. The van der Waals surface area contributed by atoms with Gasteiger partial charge < -0.3 is 14.9 Å². The van der Waals surface area contributed by atoms with Crippen LogP contribution < -0.4 is 10.5 Å². The van der Waals surface area contributed by atoms with Crippen LogP contribution in [0.4, 0.5) is 4.39 Å². The molecule has 5 heteroatoms. The number of rotatable bonds is 4. The van der Waals surface area contributed by atoms with Gasteiger partial charge in [0.05, 0.1) is 5.02 Å². The Bertz CT molecular complexity index is 568. The summed E-state index contributed by atoms with van der Waals surface area (Å²) in [4.78, 5) is 0. The number of nitrogens with two attached hydrogens (primary N) is 1. The highest BCUT2D eigenvalue weighted by molar-refractivity contribution is 6.32. The van der Waals surface area contributed by atoms with Gasteiger partial charge in [0.25, 0.3) is 0 Å². The molecule has 0 bridgehead atoms. The summed E-state index contributed by atoms with van der Waals surface area (Å²) in [6.07, 6.45) is -0.475. The Morgan fingerprint density at radius 2 is 2.05 bits per heavy atom. The lowest BCUT2D eigenvalue weighted by Gasteiger charge is -2.21. The average molecular weight is 284 g/mol. The molecule has 2 rings (SSSR count). The lowest BCUT2D eigenvalue weighted by molar-refractivity contribution is 0.152. The van der Waals surface area contributed by atoms with Gasteiger partial charge in [-0.05, 0) is 44.2 Å². The lowest BCUT2D eigenvalue weighted by atomic mass is 10.1. The summed E-state index contributed by atoms with van der Waals surface area (Å²) in [5.74, 6) is 1.35. The zero-order valence-electron chi connectivity index (χ0n) is 10.7. The van der Waals surface area contributed by atoms with E-state index < -0.39 is 11.9 Å². The maximum absolute atomic E-state index is 13.0. The number of halogens is 2. The van der Waals surface area contributed by atoms with E-state index in [1.54, 1.807) is 13.0 Å². The minimum Gasteiger partial charge on any atom is -0.479 e. The van der Waals surface area contributed by atoms with E-state index >= 15 is 0 Å². The average Bonchev–Trinajstić information content (AvgIpc) is 2.74. The van der Waals surface area contributed by atoms with Crippen LogP contribution in [-0.4, -0.2) is 6.04 Å². The van der Waals surface area contributed by atoms with E-state index in [-0.39, 0.29) is 11.1 Å². The minimum atomic E-state index is -0.475. The Morgan fingerprint density at radius 3 is 2.58 bits per heavy atom. The van der Waals surface area contributed by atoms with Crippen LogP contribution in [0.2, 0.25) is 5.02 Å². The zero-order chi connectivity index (χ0) is 14.0. The van der Waals surface area contributed by atoms with E-state index in [1.807, 2.05) is 13.0 Å². The van der Waals surface area contributed by atoms with Crippen LogP contribution in [-0.2, 0) is 0 Å². The second kappa shape index (κ2) is 5.63. The second-order valence-electron chi connectivity index (χ2n) is 4.42. The van der Waals surface area contributed by atoms with Crippen LogP contribution in [0.3, 0.4) is 0 Å². The first-order chi connectivity index (χ1) is 8.97. The number of hydrogen-bond donors (Lipinski definition) is 1. The van der Waals surface area contributed by atoms with Gasteiger partial charge in [-0.1, -0.05) is 11.6 Å². The second-order valence-corrected chi connectivity index (χ2v) is 4.83. The van der Waals surface area contributed by atoms with Crippen molar-refractivity contribution in [1.29, 1.82) is 0 Å². The molecule has 1 aromatic carbocycles. The predicted molar refractivity (Wildman–Crippen MR) is 71.9 cm³/mol. The summed E-state index contributed by atoms with van der Waals surface area (Å²) in [6, 6.07) is 7.30. The molecule has 0 saturated carbocycles. The highest BCUT2D eigenvalue weighted by atomic mass is 35.5. The van der Waals surface area contributed by atoms with Crippen LogP contribution >= 0.6 is 11.6 Å². The summed E-state index contributed by atoms with van der Waals surface area (Å²) in [5.41, 5.74) is 5.90. The van der Waals surface area contributed by atoms with Gasteiger partial charge in [0, 0.05) is 6.04 Å². The first-order valence-electron chi connectivity index (χ1n) is 5.91. The van der Waals surface area contributed by atoms with Gasteiger partial charge >= 0.3 is 0 Å². The molecule has 19 heavy (non-hydrogen) atoms. The molecule has 0 saturated heterocycles. The van der Waals surface area contributed by atoms with Crippen molar-refractivity contribution in [2.45, 2.75) is 26.0 Å². The van der Waals surface area contributed by atoms with Gasteiger partial charge in [0.2, 0.25) is 0 Å². The van der Waals surface area contributed by atoms with Crippen LogP contribution in [0, 0.1) is 12.7 Å². The number of aryl methyl sites for hydroxylation is 1. The molecule has 2 unspecified atom stereocenters. The maximum atomic E-state index is 13.0. The fourth-order valence-electron chi connectivity index (χ4n) is 1.74. The summed E-state index contributed by atoms with van der Waals surface area (Å²) >= 11 is 5.93. The maximum Gasteiger partial charge on any atom is 0.171 e. The summed E-state index contributed by atoms with van der Waals surface area (Å²) in [6.45, 7) is 3.65. The van der Waals surface area contributed by atoms with E-state index in [1.165, 1.54) is 18.2 Å². The highest BCUT2D eigenvalue weighted by Crippen LogP contribution is 2.31. The Labute approximate surface area is 116 Å². The number of furan rings is 1. The van der Waals surface area contributed by atoms with Crippen molar-refractivity contribution >= 4 is 11.6 Å². The van der Waals surface area contributed by atoms with Crippen molar-refractivity contribution in [3.63, 3.8) is 0 Å². The van der Waals surface area contributed by atoms with Crippen LogP contribution in [0.25, 0.3) is 0 Å². The fraction of sp³-hybridized carbons (Fsp3) is 0.286. The third kappa shape index (κ3) is 3.28. The van der Waals surface area contributed by atoms with Gasteiger partial charge in [-0.2, -0.15) is 0 Å². The van der Waals surface area contributed by atoms with Crippen molar-refractivity contribution < 1.29 is 13.5 Å². The van der Waals surface area contributed by atoms with E-state index in [0.29, 0.717) is 11.5 Å². The summed E-state index contributed by atoms with van der Waals surface area (Å²) in [5, 5.41) is 0.203. The molecule has 3 nitrogen and oxygen atoms in total. The molecule has 102 valence electrons. The van der Waals surface area contributed by atoms with Gasteiger partial charge in [0.1, 0.15) is 23.1 Å².